The van der Waals surface area contributed by atoms with Crippen molar-refractivity contribution in [2.24, 2.45) is 0 Å². The van der Waals surface area contributed by atoms with E-state index in [1.165, 1.54) is 0 Å². The van der Waals surface area contributed by atoms with Gasteiger partial charge < -0.3 is 0 Å². The zero-order chi connectivity index (χ0) is 9.80. The zero-order valence-corrected chi connectivity index (χ0v) is 8.29. The minimum absolute atomic E-state index is 0.440. The summed E-state index contributed by atoms with van der Waals surface area (Å²) in [5.41, 5.74) is 2.12. The van der Waals surface area contributed by atoms with Crippen LogP contribution in [-0.4, -0.2) is 4.98 Å². The smallest absolute Gasteiger partial charge is 0.123 e. The Morgan fingerprint density at radius 2 is 2.21 bits per heavy atom. The van der Waals surface area contributed by atoms with Crippen molar-refractivity contribution in [3.8, 4) is 16.6 Å². The van der Waals surface area contributed by atoms with Crippen molar-refractivity contribution in [2.75, 3.05) is 0 Å². The molecule has 0 aliphatic heterocycles. The van der Waals surface area contributed by atoms with Crippen LogP contribution in [0.5, 0.6) is 0 Å². The van der Waals surface area contributed by atoms with Crippen molar-refractivity contribution in [2.45, 2.75) is 6.42 Å². The van der Waals surface area contributed by atoms with Crippen LogP contribution in [0.1, 0.15) is 5.56 Å². The maximum absolute atomic E-state index is 8.67. The number of thiazole rings is 1. The first kappa shape index (κ1) is 8.92. The first-order valence-electron chi connectivity index (χ1n) is 4.26. The molecule has 0 amide bonds. The van der Waals surface area contributed by atoms with Gasteiger partial charge in [0.05, 0.1) is 12.5 Å². The summed E-state index contributed by atoms with van der Waals surface area (Å²) >= 11 is 1.60. The van der Waals surface area contributed by atoms with Gasteiger partial charge in [-0.15, -0.1) is 11.3 Å². The molecule has 2 nitrogen and oxygen atoms in total. The fourth-order valence-corrected chi connectivity index (χ4v) is 2.02. The molecule has 0 aliphatic carbocycles. The molecular weight excluding hydrogens is 192 g/mol. The van der Waals surface area contributed by atoms with Crippen LogP contribution < -0.4 is 0 Å². The van der Waals surface area contributed by atoms with Gasteiger partial charge in [-0.3, -0.25) is 0 Å². The molecule has 0 radical (unpaired) electrons. The van der Waals surface area contributed by atoms with Crippen molar-refractivity contribution in [3.63, 3.8) is 0 Å². The average Bonchev–Trinajstić information content (AvgIpc) is 2.72. The lowest BCUT2D eigenvalue weighted by molar-refractivity contribution is 1.26. The van der Waals surface area contributed by atoms with Gasteiger partial charge in [0.1, 0.15) is 5.01 Å². The molecule has 0 unspecified atom stereocenters. The Balaban J connectivity index is 2.48. The Labute approximate surface area is 86.5 Å². The second-order valence-electron chi connectivity index (χ2n) is 2.83. The lowest BCUT2D eigenvalue weighted by Gasteiger charge is -2.01. The molecule has 0 spiro atoms. The van der Waals surface area contributed by atoms with Gasteiger partial charge in [-0.05, 0) is 5.56 Å². The third-order valence-electron chi connectivity index (χ3n) is 1.95. The largest absolute Gasteiger partial charge is 0.245 e. The lowest BCUT2D eigenvalue weighted by Crippen LogP contribution is -1.86. The topological polar surface area (TPSA) is 36.7 Å². The highest BCUT2D eigenvalue weighted by Gasteiger charge is 2.05. The molecule has 68 valence electrons. The molecule has 14 heavy (non-hydrogen) atoms. The molecule has 2 rings (SSSR count). The second-order valence-corrected chi connectivity index (χ2v) is 3.72. The molecule has 0 atom stereocenters. The summed E-state index contributed by atoms with van der Waals surface area (Å²) < 4.78 is 0. The van der Waals surface area contributed by atoms with E-state index >= 15 is 0 Å². The van der Waals surface area contributed by atoms with Crippen LogP contribution in [0, 0.1) is 11.3 Å². The number of rotatable bonds is 2. The molecule has 0 bridgehead atoms. The van der Waals surface area contributed by atoms with E-state index in [0.717, 1.165) is 16.1 Å². The lowest BCUT2D eigenvalue weighted by atomic mass is 10.1. The van der Waals surface area contributed by atoms with Crippen molar-refractivity contribution >= 4 is 11.3 Å². The van der Waals surface area contributed by atoms with Crippen LogP contribution in [0.25, 0.3) is 10.6 Å². The summed E-state index contributed by atoms with van der Waals surface area (Å²) in [7, 11) is 0. The van der Waals surface area contributed by atoms with Crippen molar-refractivity contribution < 1.29 is 0 Å². The standard InChI is InChI=1S/C11H8N2S/c12-6-5-9-3-1-2-4-10(9)11-13-7-8-14-11/h1-4,7-8H,5H2. The molecule has 0 saturated carbocycles. The van der Waals surface area contributed by atoms with Gasteiger partial charge in [-0.25, -0.2) is 4.98 Å². The van der Waals surface area contributed by atoms with E-state index in [4.69, 9.17) is 5.26 Å². The molecule has 3 heteroatoms. The summed E-state index contributed by atoms with van der Waals surface area (Å²) in [5, 5.41) is 11.6. The Kier molecular flexibility index (Phi) is 2.57. The highest BCUT2D eigenvalue weighted by Crippen LogP contribution is 2.25. The molecule has 1 heterocycles. The SMILES string of the molecule is N#CCc1ccccc1-c1nccs1. The summed E-state index contributed by atoms with van der Waals surface area (Å²) in [6.45, 7) is 0. The average molecular weight is 200 g/mol. The Morgan fingerprint density at radius 3 is 2.93 bits per heavy atom. The van der Waals surface area contributed by atoms with Crippen LogP contribution in [-0.2, 0) is 6.42 Å². The van der Waals surface area contributed by atoms with Gasteiger partial charge >= 0.3 is 0 Å². The quantitative estimate of drug-likeness (QED) is 0.747. The van der Waals surface area contributed by atoms with Crippen molar-refractivity contribution in [3.05, 3.63) is 41.4 Å². The molecule has 1 aromatic heterocycles. The molecule has 2 aromatic rings. The summed E-state index contributed by atoms with van der Waals surface area (Å²) in [6.07, 6.45) is 2.22. The van der Waals surface area contributed by atoms with Gasteiger partial charge in [-0.1, -0.05) is 24.3 Å². The monoisotopic (exact) mass is 200 g/mol. The first-order chi connectivity index (χ1) is 6.92. The van der Waals surface area contributed by atoms with Gasteiger partial charge in [0.15, 0.2) is 0 Å². The maximum atomic E-state index is 8.67. The Morgan fingerprint density at radius 1 is 1.36 bits per heavy atom. The van der Waals surface area contributed by atoms with E-state index in [2.05, 4.69) is 11.1 Å². The fraction of sp³-hybridized carbons (Fsp3) is 0.0909. The maximum Gasteiger partial charge on any atom is 0.123 e. The van der Waals surface area contributed by atoms with Crippen LogP contribution in [0.2, 0.25) is 0 Å². The highest BCUT2D eigenvalue weighted by atomic mass is 32.1. The predicted molar refractivity (Wildman–Crippen MR) is 56.9 cm³/mol. The molecular formula is C11H8N2S. The number of benzene rings is 1. The number of nitriles is 1. The Bertz CT molecular complexity index is 454. The number of aromatic nitrogens is 1. The van der Waals surface area contributed by atoms with E-state index in [1.807, 2.05) is 29.6 Å². The van der Waals surface area contributed by atoms with E-state index < -0.39 is 0 Å². The number of nitrogens with zero attached hydrogens (tertiary/aromatic N) is 2. The van der Waals surface area contributed by atoms with Crippen LogP contribution in [0.4, 0.5) is 0 Å². The van der Waals surface area contributed by atoms with Gasteiger partial charge in [0.25, 0.3) is 0 Å². The number of hydrogen-bond acceptors (Lipinski definition) is 3. The highest BCUT2D eigenvalue weighted by molar-refractivity contribution is 7.13. The van der Waals surface area contributed by atoms with Gasteiger partial charge in [0, 0.05) is 17.1 Å². The molecule has 1 aromatic carbocycles. The Hall–Kier alpha value is -1.66. The van der Waals surface area contributed by atoms with Crippen LogP contribution in [0.15, 0.2) is 35.8 Å². The number of hydrogen-bond donors (Lipinski definition) is 0. The zero-order valence-electron chi connectivity index (χ0n) is 7.47. The first-order valence-corrected chi connectivity index (χ1v) is 5.14. The van der Waals surface area contributed by atoms with Gasteiger partial charge in [-0.2, -0.15) is 5.26 Å². The normalized spacial score (nSPS) is 9.64. The molecule has 0 fully saturated rings. The van der Waals surface area contributed by atoms with E-state index in [-0.39, 0.29) is 0 Å². The molecule has 0 aliphatic rings. The summed E-state index contributed by atoms with van der Waals surface area (Å²) in [4.78, 5) is 4.24. The van der Waals surface area contributed by atoms with Crippen molar-refractivity contribution in [1.29, 1.82) is 5.26 Å². The van der Waals surface area contributed by atoms with Crippen molar-refractivity contribution in [1.82, 2.24) is 4.98 Å². The van der Waals surface area contributed by atoms with Gasteiger partial charge in [0.2, 0.25) is 0 Å². The predicted octanol–water partition coefficient (Wildman–Crippen LogP) is 2.88. The third kappa shape index (κ3) is 1.66. The third-order valence-corrected chi connectivity index (χ3v) is 2.76. The minimum Gasteiger partial charge on any atom is -0.245 e. The van der Waals surface area contributed by atoms with E-state index in [9.17, 15) is 0 Å². The minimum atomic E-state index is 0.440. The van der Waals surface area contributed by atoms with Crippen LogP contribution >= 0.6 is 11.3 Å². The fourth-order valence-electron chi connectivity index (χ4n) is 1.32. The van der Waals surface area contributed by atoms with E-state index in [0.29, 0.717) is 6.42 Å². The molecule has 0 saturated heterocycles. The van der Waals surface area contributed by atoms with E-state index in [1.54, 1.807) is 17.5 Å². The summed E-state index contributed by atoms with van der Waals surface area (Å²) in [6, 6.07) is 10.1. The molecule has 0 N–H and O–H groups in total. The van der Waals surface area contributed by atoms with Crippen LogP contribution in [0.3, 0.4) is 0 Å². The summed E-state index contributed by atoms with van der Waals surface area (Å²) in [5.74, 6) is 0. The second kappa shape index (κ2) is 4.03.